The molecule has 1 atom stereocenters. The lowest BCUT2D eigenvalue weighted by atomic mass is 9.96. The van der Waals surface area contributed by atoms with E-state index in [1.807, 2.05) is 30.3 Å². The number of ketones is 1. The van der Waals surface area contributed by atoms with E-state index in [-0.39, 0.29) is 23.9 Å². The van der Waals surface area contributed by atoms with Crippen molar-refractivity contribution in [2.75, 3.05) is 19.8 Å². The molecule has 0 spiro atoms. The van der Waals surface area contributed by atoms with Gasteiger partial charge in [0.15, 0.2) is 0 Å². The summed E-state index contributed by atoms with van der Waals surface area (Å²) in [6.07, 6.45) is 0.247. The molecule has 5 heteroatoms. The summed E-state index contributed by atoms with van der Waals surface area (Å²) in [6.45, 7) is 1.48. The smallest absolute Gasteiger partial charge is 0.214 e. The van der Waals surface area contributed by atoms with E-state index >= 15 is 0 Å². The van der Waals surface area contributed by atoms with Gasteiger partial charge in [-0.1, -0.05) is 30.3 Å². The van der Waals surface area contributed by atoms with Gasteiger partial charge in [-0.05, 0) is 12.5 Å². The van der Waals surface area contributed by atoms with Crippen molar-refractivity contribution in [2.45, 2.75) is 19.3 Å². The minimum Gasteiger partial charge on any atom is -0.300 e. The number of Topliss-reactive ketones (excluding diaryl/α,β-unsaturated/α-hetero) is 1. The minimum atomic E-state index is -3.31. The summed E-state index contributed by atoms with van der Waals surface area (Å²) in [5.74, 6) is -0.322. The first-order valence-corrected chi connectivity index (χ1v) is 7.38. The molecule has 0 aliphatic rings. The van der Waals surface area contributed by atoms with Gasteiger partial charge in [-0.3, -0.25) is 0 Å². The molecule has 0 saturated heterocycles. The summed E-state index contributed by atoms with van der Waals surface area (Å²) < 4.78 is 25.0. The Morgan fingerprint density at radius 3 is 2.22 bits per heavy atom. The van der Waals surface area contributed by atoms with E-state index in [0.29, 0.717) is 0 Å². The highest BCUT2D eigenvalue weighted by atomic mass is 32.2. The third-order valence-electron chi connectivity index (χ3n) is 2.77. The van der Waals surface area contributed by atoms with Gasteiger partial charge in [0.1, 0.15) is 5.78 Å². The number of carbonyl (C=O) groups excluding carboxylic acids is 1. The molecule has 0 N–H and O–H groups in total. The van der Waals surface area contributed by atoms with Gasteiger partial charge in [0.05, 0.1) is 5.75 Å². The lowest BCUT2D eigenvalue weighted by Crippen LogP contribution is -2.28. The van der Waals surface area contributed by atoms with Gasteiger partial charge in [0.2, 0.25) is 10.0 Å². The van der Waals surface area contributed by atoms with Crippen LogP contribution in [-0.2, 0) is 14.8 Å². The molecule has 0 aliphatic carbocycles. The molecule has 0 fully saturated rings. The fraction of sp³-hybridized carbons (Fsp3) is 0.462. The van der Waals surface area contributed by atoms with Crippen LogP contribution in [0.25, 0.3) is 0 Å². The molecule has 0 amide bonds. The van der Waals surface area contributed by atoms with Gasteiger partial charge in [-0.25, -0.2) is 12.7 Å². The van der Waals surface area contributed by atoms with Gasteiger partial charge in [-0.15, -0.1) is 0 Å². The second-order valence-electron chi connectivity index (χ2n) is 4.57. The van der Waals surface area contributed by atoms with Crippen LogP contribution in [0.1, 0.15) is 24.8 Å². The summed E-state index contributed by atoms with van der Waals surface area (Å²) >= 11 is 0. The first-order valence-electron chi connectivity index (χ1n) is 5.77. The molecule has 0 radical (unpaired) electrons. The topological polar surface area (TPSA) is 54.5 Å². The number of rotatable bonds is 6. The van der Waals surface area contributed by atoms with Gasteiger partial charge < -0.3 is 4.79 Å². The Hall–Kier alpha value is -1.20. The quantitative estimate of drug-likeness (QED) is 0.789. The Kier molecular flexibility index (Phi) is 5.04. The molecule has 0 bridgehead atoms. The van der Waals surface area contributed by atoms with Crippen LogP contribution in [-0.4, -0.2) is 38.4 Å². The maximum atomic E-state index is 11.9. The number of hydrogen-bond donors (Lipinski definition) is 0. The largest absolute Gasteiger partial charge is 0.300 e. The van der Waals surface area contributed by atoms with Crippen LogP contribution in [0.3, 0.4) is 0 Å². The molecule has 1 aromatic rings. The third-order valence-corrected chi connectivity index (χ3v) is 4.71. The molecule has 0 saturated carbocycles. The minimum absolute atomic E-state index is 0.00203. The van der Waals surface area contributed by atoms with E-state index in [2.05, 4.69) is 0 Å². The fourth-order valence-corrected chi connectivity index (χ4v) is 2.87. The summed E-state index contributed by atoms with van der Waals surface area (Å²) in [4.78, 5) is 11.3. The van der Waals surface area contributed by atoms with Gasteiger partial charge in [-0.2, -0.15) is 0 Å². The van der Waals surface area contributed by atoms with Crippen molar-refractivity contribution in [3.8, 4) is 0 Å². The number of sulfonamides is 1. The van der Waals surface area contributed by atoms with E-state index in [1.54, 1.807) is 0 Å². The maximum absolute atomic E-state index is 11.9. The molecule has 1 unspecified atom stereocenters. The Morgan fingerprint density at radius 1 is 1.22 bits per heavy atom. The highest BCUT2D eigenvalue weighted by Gasteiger charge is 2.23. The summed E-state index contributed by atoms with van der Waals surface area (Å²) in [6, 6.07) is 9.29. The number of benzene rings is 1. The van der Waals surface area contributed by atoms with Gasteiger partial charge in [0.25, 0.3) is 0 Å². The van der Waals surface area contributed by atoms with Crippen LogP contribution in [0.4, 0.5) is 0 Å². The van der Waals surface area contributed by atoms with Crippen molar-refractivity contribution in [3.63, 3.8) is 0 Å². The fourth-order valence-electron chi connectivity index (χ4n) is 1.75. The molecule has 100 valence electrons. The van der Waals surface area contributed by atoms with Crippen molar-refractivity contribution in [2.24, 2.45) is 0 Å². The molecule has 1 aromatic carbocycles. The van der Waals surface area contributed by atoms with E-state index in [0.717, 1.165) is 5.56 Å². The molecule has 4 nitrogen and oxygen atoms in total. The molecule has 1 rings (SSSR count). The molecular formula is C13H19NO3S. The van der Waals surface area contributed by atoms with Crippen LogP contribution in [0.15, 0.2) is 30.3 Å². The van der Waals surface area contributed by atoms with Gasteiger partial charge in [0, 0.05) is 26.4 Å². The van der Waals surface area contributed by atoms with Crippen LogP contribution in [0.5, 0.6) is 0 Å². The van der Waals surface area contributed by atoms with E-state index < -0.39 is 10.0 Å². The number of nitrogens with zero attached hydrogens (tertiary/aromatic N) is 1. The molecule has 0 aromatic heterocycles. The number of carbonyl (C=O) groups is 1. The van der Waals surface area contributed by atoms with E-state index in [4.69, 9.17) is 0 Å². The Labute approximate surface area is 109 Å². The average molecular weight is 269 g/mol. The molecule has 0 aliphatic heterocycles. The predicted molar refractivity (Wildman–Crippen MR) is 72.0 cm³/mol. The average Bonchev–Trinajstić information content (AvgIpc) is 2.28. The second kappa shape index (κ2) is 6.11. The Bertz CT molecular complexity index is 494. The molecular weight excluding hydrogens is 250 g/mol. The van der Waals surface area contributed by atoms with Crippen molar-refractivity contribution >= 4 is 15.8 Å². The van der Waals surface area contributed by atoms with Gasteiger partial charge >= 0.3 is 0 Å². The standard InChI is InChI=1S/C13H19NO3S/c1-11(15)9-13(10-18(16,17)14(2)3)12-7-5-4-6-8-12/h4-8,13H,9-10H2,1-3H3. The lowest BCUT2D eigenvalue weighted by Gasteiger charge is -2.19. The van der Waals surface area contributed by atoms with Crippen molar-refractivity contribution in [3.05, 3.63) is 35.9 Å². The first kappa shape index (κ1) is 14.9. The van der Waals surface area contributed by atoms with E-state index in [9.17, 15) is 13.2 Å². The molecule has 0 heterocycles. The normalized spacial score (nSPS) is 13.6. The zero-order chi connectivity index (χ0) is 13.8. The van der Waals surface area contributed by atoms with E-state index in [1.165, 1.54) is 25.3 Å². The first-order chi connectivity index (χ1) is 8.33. The second-order valence-corrected chi connectivity index (χ2v) is 6.80. The zero-order valence-electron chi connectivity index (χ0n) is 11.0. The molecule has 18 heavy (non-hydrogen) atoms. The maximum Gasteiger partial charge on any atom is 0.214 e. The summed E-state index contributed by atoms with van der Waals surface area (Å²) in [5, 5.41) is 0. The van der Waals surface area contributed by atoms with Crippen LogP contribution in [0, 0.1) is 0 Å². The summed E-state index contributed by atoms with van der Waals surface area (Å²) in [7, 11) is -0.300. The van der Waals surface area contributed by atoms with Crippen molar-refractivity contribution < 1.29 is 13.2 Å². The lowest BCUT2D eigenvalue weighted by molar-refractivity contribution is -0.117. The Balaban J connectivity index is 2.97. The monoisotopic (exact) mass is 269 g/mol. The zero-order valence-corrected chi connectivity index (χ0v) is 11.8. The van der Waals surface area contributed by atoms with Crippen molar-refractivity contribution in [1.29, 1.82) is 0 Å². The van der Waals surface area contributed by atoms with Crippen LogP contribution in [0.2, 0.25) is 0 Å². The van der Waals surface area contributed by atoms with Crippen molar-refractivity contribution in [1.82, 2.24) is 4.31 Å². The predicted octanol–water partition coefficient (Wildman–Crippen LogP) is 1.64. The highest BCUT2D eigenvalue weighted by Crippen LogP contribution is 2.22. The third kappa shape index (κ3) is 4.23. The Morgan fingerprint density at radius 2 is 1.78 bits per heavy atom. The SMILES string of the molecule is CC(=O)CC(CS(=O)(=O)N(C)C)c1ccccc1. The summed E-state index contributed by atoms with van der Waals surface area (Å²) in [5.41, 5.74) is 0.887. The van der Waals surface area contributed by atoms with Crippen LogP contribution < -0.4 is 0 Å². The highest BCUT2D eigenvalue weighted by molar-refractivity contribution is 7.89. The van der Waals surface area contributed by atoms with Crippen LogP contribution >= 0.6 is 0 Å². The number of hydrogen-bond acceptors (Lipinski definition) is 3.